The average molecular weight is 351 g/mol. The Balaban J connectivity index is 0.00000208. The van der Waals surface area contributed by atoms with E-state index in [0.717, 1.165) is 31.2 Å². The Bertz CT molecular complexity index is 790. The van der Waals surface area contributed by atoms with Crippen molar-refractivity contribution in [1.29, 1.82) is 0 Å². The number of carbonyl (C=O) groups is 1. The van der Waals surface area contributed by atoms with Gasteiger partial charge >= 0.3 is 0 Å². The number of nitrogens with zero attached hydrogens (tertiary/aromatic N) is 2. The summed E-state index contributed by atoms with van der Waals surface area (Å²) in [4.78, 5) is 29.2. The first-order chi connectivity index (χ1) is 11.1. The molecule has 1 aliphatic carbocycles. The number of aromatic nitrogens is 2. The van der Waals surface area contributed by atoms with Gasteiger partial charge in [-0.1, -0.05) is 12.8 Å². The van der Waals surface area contributed by atoms with E-state index in [2.05, 4.69) is 10.3 Å². The Morgan fingerprint density at radius 1 is 1.42 bits per heavy atom. The van der Waals surface area contributed by atoms with Crippen molar-refractivity contribution in [2.75, 3.05) is 6.54 Å². The first-order valence-electron chi connectivity index (χ1n) is 8.09. The van der Waals surface area contributed by atoms with Crippen LogP contribution in [-0.2, 0) is 0 Å². The predicted octanol–water partition coefficient (Wildman–Crippen LogP) is 1.67. The molecule has 0 radical (unpaired) electrons. The van der Waals surface area contributed by atoms with Crippen molar-refractivity contribution in [2.45, 2.75) is 38.6 Å². The Hall–Kier alpha value is -1.92. The zero-order valence-electron chi connectivity index (χ0n) is 13.7. The number of hydrogen-bond acceptors (Lipinski definition) is 4. The van der Waals surface area contributed by atoms with Gasteiger partial charge in [-0.15, -0.1) is 12.4 Å². The number of carbonyl (C=O) groups excluding carboxylic acids is 1. The molecule has 0 spiro atoms. The van der Waals surface area contributed by atoms with Crippen molar-refractivity contribution in [3.05, 3.63) is 46.0 Å². The summed E-state index contributed by atoms with van der Waals surface area (Å²) in [5.74, 6) is -0.0747. The van der Waals surface area contributed by atoms with E-state index in [1.165, 1.54) is 10.6 Å². The molecule has 24 heavy (non-hydrogen) atoms. The second-order valence-corrected chi connectivity index (χ2v) is 6.27. The molecule has 0 bridgehead atoms. The molecule has 1 saturated carbocycles. The van der Waals surface area contributed by atoms with Crippen LogP contribution in [0.5, 0.6) is 0 Å². The molecule has 2 unspecified atom stereocenters. The van der Waals surface area contributed by atoms with Crippen molar-refractivity contribution >= 4 is 24.0 Å². The molecule has 0 aliphatic heterocycles. The molecule has 3 rings (SSSR count). The molecule has 1 aliphatic rings. The molecule has 3 N–H and O–H groups in total. The zero-order valence-corrected chi connectivity index (χ0v) is 14.5. The third-order valence-electron chi connectivity index (χ3n) is 4.64. The number of aryl methyl sites for hydroxylation is 1. The first-order valence-corrected chi connectivity index (χ1v) is 8.09. The van der Waals surface area contributed by atoms with Crippen molar-refractivity contribution < 1.29 is 4.79 Å². The molecule has 2 heterocycles. The standard InChI is InChI=1S/C17H22N4O2.ClH/c1-11-6-7-21-15(8-11)19-10-13(17(21)23)16(22)20-14-5-3-2-4-12(14)9-18;/h6-8,10,12,14H,2-5,9,18H2,1H3,(H,20,22);1H. The maximum Gasteiger partial charge on any atom is 0.270 e. The van der Waals surface area contributed by atoms with Crippen LogP contribution in [0.1, 0.15) is 41.6 Å². The van der Waals surface area contributed by atoms with Gasteiger partial charge in [0.2, 0.25) is 0 Å². The summed E-state index contributed by atoms with van der Waals surface area (Å²) in [6.07, 6.45) is 7.18. The number of hydrogen-bond donors (Lipinski definition) is 2. The Morgan fingerprint density at radius 3 is 2.92 bits per heavy atom. The van der Waals surface area contributed by atoms with Crippen molar-refractivity contribution in [1.82, 2.24) is 14.7 Å². The Kier molecular flexibility index (Phi) is 5.96. The van der Waals surface area contributed by atoms with Gasteiger partial charge in [0.25, 0.3) is 11.5 Å². The Labute approximate surface area is 146 Å². The molecule has 1 fully saturated rings. The second-order valence-electron chi connectivity index (χ2n) is 6.27. The summed E-state index contributed by atoms with van der Waals surface area (Å²) in [6.45, 7) is 2.49. The van der Waals surface area contributed by atoms with Crippen LogP contribution in [0.25, 0.3) is 5.65 Å². The maximum absolute atomic E-state index is 12.5. The number of fused-ring (bicyclic) bond motifs is 1. The van der Waals surface area contributed by atoms with Gasteiger partial charge < -0.3 is 11.1 Å². The fourth-order valence-corrected chi connectivity index (χ4v) is 3.26. The van der Waals surface area contributed by atoms with Gasteiger partial charge in [0.05, 0.1) is 0 Å². The quantitative estimate of drug-likeness (QED) is 0.881. The fourth-order valence-electron chi connectivity index (χ4n) is 3.26. The molecule has 7 heteroatoms. The average Bonchev–Trinajstić information content (AvgIpc) is 2.55. The highest BCUT2D eigenvalue weighted by atomic mass is 35.5. The normalized spacial score (nSPS) is 20.4. The highest BCUT2D eigenvalue weighted by Crippen LogP contribution is 2.23. The lowest BCUT2D eigenvalue weighted by atomic mass is 9.84. The summed E-state index contributed by atoms with van der Waals surface area (Å²) in [5, 5.41) is 2.98. The monoisotopic (exact) mass is 350 g/mol. The van der Waals surface area contributed by atoms with Gasteiger partial charge in [0, 0.05) is 18.4 Å². The van der Waals surface area contributed by atoms with E-state index in [1.54, 1.807) is 6.20 Å². The summed E-state index contributed by atoms with van der Waals surface area (Å²) in [6, 6.07) is 3.68. The number of amides is 1. The van der Waals surface area contributed by atoms with E-state index in [1.807, 2.05) is 19.1 Å². The molecule has 2 atom stereocenters. The first kappa shape index (κ1) is 18.4. The molecule has 2 aromatic rings. The number of rotatable bonds is 3. The highest BCUT2D eigenvalue weighted by Gasteiger charge is 2.26. The molecule has 0 aromatic carbocycles. The molecule has 0 saturated heterocycles. The van der Waals surface area contributed by atoms with Crippen molar-refractivity contribution in [3.63, 3.8) is 0 Å². The summed E-state index contributed by atoms with van der Waals surface area (Å²) >= 11 is 0. The minimum atomic E-state index is -0.358. The van der Waals surface area contributed by atoms with E-state index in [9.17, 15) is 9.59 Å². The second kappa shape index (κ2) is 7.77. The van der Waals surface area contributed by atoms with Crippen LogP contribution >= 0.6 is 12.4 Å². The van der Waals surface area contributed by atoms with E-state index in [-0.39, 0.29) is 41.4 Å². The third-order valence-corrected chi connectivity index (χ3v) is 4.64. The van der Waals surface area contributed by atoms with Crippen LogP contribution in [0.4, 0.5) is 0 Å². The van der Waals surface area contributed by atoms with Crippen LogP contribution < -0.4 is 16.6 Å². The molecular formula is C17H23ClN4O2. The lowest BCUT2D eigenvalue weighted by Crippen LogP contribution is -2.46. The van der Waals surface area contributed by atoms with Gasteiger partial charge in [0.1, 0.15) is 11.2 Å². The van der Waals surface area contributed by atoms with E-state index >= 15 is 0 Å². The fraction of sp³-hybridized carbons (Fsp3) is 0.471. The Morgan fingerprint density at radius 2 is 2.17 bits per heavy atom. The number of nitrogens with one attached hydrogen (secondary N) is 1. The van der Waals surface area contributed by atoms with Gasteiger partial charge in [0.15, 0.2) is 0 Å². The summed E-state index contributed by atoms with van der Waals surface area (Å²) < 4.78 is 1.41. The topological polar surface area (TPSA) is 89.5 Å². The van der Waals surface area contributed by atoms with Crippen molar-refractivity contribution in [3.8, 4) is 0 Å². The third kappa shape index (κ3) is 3.60. The van der Waals surface area contributed by atoms with Crippen LogP contribution in [0, 0.1) is 12.8 Å². The SMILES string of the molecule is Cc1ccn2c(=O)c(C(=O)NC3CCCCC3CN)cnc2c1.Cl. The molecule has 1 amide bonds. The van der Waals surface area contributed by atoms with Crippen LogP contribution in [0.2, 0.25) is 0 Å². The minimum Gasteiger partial charge on any atom is -0.349 e. The molecule has 2 aromatic heterocycles. The zero-order chi connectivity index (χ0) is 16.4. The van der Waals surface area contributed by atoms with Gasteiger partial charge in [-0.2, -0.15) is 0 Å². The van der Waals surface area contributed by atoms with E-state index in [0.29, 0.717) is 12.2 Å². The van der Waals surface area contributed by atoms with Crippen LogP contribution in [0.3, 0.4) is 0 Å². The number of nitrogens with two attached hydrogens (primary N) is 1. The largest absolute Gasteiger partial charge is 0.349 e. The maximum atomic E-state index is 12.5. The van der Waals surface area contributed by atoms with Gasteiger partial charge in [-0.25, -0.2) is 4.98 Å². The number of halogens is 1. The number of pyridine rings is 1. The molecule has 6 nitrogen and oxygen atoms in total. The minimum absolute atomic E-state index is 0. The summed E-state index contributed by atoms with van der Waals surface area (Å²) in [7, 11) is 0. The van der Waals surface area contributed by atoms with E-state index in [4.69, 9.17) is 5.73 Å². The molecule has 130 valence electrons. The lowest BCUT2D eigenvalue weighted by molar-refractivity contribution is 0.0906. The van der Waals surface area contributed by atoms with Gasteiger partial charge in [-0.05, 0) is 49.9 Å². The molecular weight excluding hydrogens is 328 g/mol. The van der Waals surface area contributed by atoms with Gasteiger partial charge in [-0.3, -0.25) is 14.0 Å². The smallest absolute Gasteiger partial charge is 0.270 e. The van der Waals surface area contributed by atoms with E-state index < -0.39 is 0 Å². The summed E-state index contributed by atoms with van der Waals surface area (Å²) in [5.41, 5.74) is 7.09. The highest BCUT2D eigenvalue weighted by molar-refractivity contribution is 5.94. The van der Waals surface area contributed by atoms with Crippen LogP contribution in [0.15, 0.2) is 29.3 Å². The van der Waals surface area contributed by atoms with Crippen LogP contribution in [-0.4, -0.2) is 27.9 Å². The predicted molar refractivity (Wildman–Crippen MR) is 95.7 cm³/mol. The van der Waals surface area contributed by atoms with Crippen molar-refractivity contribution in [2.24, 2.45) is 11.7 Å². The lowest BCUT2D eigenvalue weighted by Gasteiger charge is -2.31.